The third-order valence-corrected chi connectivity index (χ3v) is 7.05. The van der Waals surface area contributed by atoms with Crippen LogP contribution in [-0.2, 0) is 6.54 Å². The van der Waals surface area contributed by atoms with E-state index in [9.17, 15) is 5.11 Å². The third-order valence-electron chi connectivity index (χ3n) is 6.84. The SMILES string of the molecule is CN1CCN(Cc2ccc(C#Cc3cnc(Cl)cc3N3CCC(C)(CO)CC3)cc2)CC1. The number of aliphatic hydroxyl groups excluding tert-OH is 1. The number of rotatable bonds is 4. The predicted molar refractivity (Wildman–Crippen MR) is 131 cm³/mol. The van der Waals surface area contributed by atoms with Gasteiger partial charge >= 0.3 is 0 Å². The van der Waals surface area contributed by atoms with Gasteiger partial charge in [-0.2, -0.15) is 0 Å². The number of piperidine rings is 1. The van der Waals surface area contributed by atoms with Crippen LogP contribution in [-0.4, -0.2) is 72.8 Å². The third kappa shape index (κ3) is 5.82. The van der Waals surface area contributed by atoms with Crippen molar-refractivity contribution in [2.45, 2.75) is 26.3 Å². The van der Waals surface area contributed by atoms with Gasteiger partial charge in [-0.25, -0.2) is 4.98 Å². The molecule has 0 aliphatic carbocycles. The molecule has 0 spiro atoms. The van der Waals surface area contributed by atoms with Crippen molar-refractivity contribution < 1.29 is 5.11 Å². The summed E-state index contributed by atoms with van der Waals surface area (Å²) in [6.07, 6.45) is 3.67. The zero-order valence-corrected chi connectivity index (χ0v) is 19.9. The van der Waals surface area contributed by atoms with Crippen molar-refractivity contribution in [2.24, 2.45) is 5.41 Å². The maximum Gasteiger partial charge on any atom is 0.131 e. The van der Waals surface area contributed by atoms with Crippen LogP contribution >= 0.6 is 11.6 Å². The topological polar surface area (TPSA) is 42.8 Å². The Kier molecular flexibility index (Phi) is 7.37. The van der Waals surface area contributed by atoms with Gasteiger partial charge in [-0.05, 0) is 43.0 Å². The highest BCUT2D eigenvalue weighted by Gasteiger charge is 2.30. The summed E-state index contributed by atoms with van der Waals surface area (Å²) in [4.78, 5) is 11.5. The Balaban J connectivity index is 1.44. The van der Waals surface area contributed by atoms with E-state index in [2.05, 4.69) is 69.8 Å². The molecule has 3 heterocycles. The molecule has 2 fully saturated rings. The molecule has 1 aromatic carbocycles. The van der Waals surface area contributed by atoms with Crippen molar-refractivity contribution in [3.05, 3.63) is 58.4 Å². The number of halogens is 1. The van der Waals surface area contributed by atoms with Gasteiger partial charge in [0.15, 0.2) is 0 Å². The number of anilines is 1. The molecule has 0 bridgehead atoms. The molecular formula is C26H33ClN4O. The van der Waals surface area contributed by atoms with E-state index in [1.54, 1.807) is 6.20 Å². The van der Waals surface area contributed by atoms with Crippen LogP contribution in [0.1, 0.15) is 36.5 Å². The lowest BCUT2D eigenvalue weighted by atomic mass is 9.81. The van der Waals surface area contributed by atoms with E-state index < -0.39 is 0 Å². The monoisotopic (exact) mass is 452 g/mol. The van der Waals surface area contributed by atoms with Crippen LogP contribution in [0.3, 0.4) is 0 Å². The summed E-state index contributed by atoms with van der Waals surface area (Å²) in [7, 11) is 2.18. The largest absolute Gasteiger partial charge is 0.396 e. The molecule has 0 radical (unpaired) electrons. The van der Waals surface area contributed by atoms with Gasteiger partial charge in [0.05, 0.1) is 11.3 Å². The van der Waals surface area contributed by atoms with E-state index in [1.165, 1.54) is 5.56 Å². The van der Waals surface area contributed by atoms with Gasteiger partial charge in [0, 0.05) is 70.2 Å². The number of nitrogens with zero attached hydrogens (tertiary/aromatic N) is 4. The highest BCUT2D eigenvalue weighted by molar-refractivity contribution is 6.29. The summed E-state index contributed by atoms with van der Waals surface area (Å²) in [5.74, 6) is 6.62. The Morgan fingerprint density at radius 3 is 2.38 bits per heavy atom. The number of hydrogen-bond donors (Lipinski definition) is 1. The van der Waals surface area contributed by atoms with Crippen LogP contribution in [0, 0.1) is 17.3 Å². The van der Waals surface area contributed by atoms with Crippen molar-refractivity contribution in [1.82, 2.24) is 14.8 Å². The quantitative estimate of drug-likeness (QED) is 0.568. The number of hydrogen-bond acceptors (Lipinski definition) is 5. The van der Waals surface area contributed by atoms with Crippen molar-refractivity contribution in [1.29, 1.82) is 0 Å². The molecule has 0 atom stereocenters. The van der Waals surface area contributed by atoms with Gasteiger partial charge in [0.25, 0.3) is 0 Å². The minimum atomic E-state index is 0.00499. The van der Waals surface area contributed by atoms with Crippen LogP contribution in [0.15, 0.2) is 36.5 Å². The first-order valence-corrected chi connectivity index (χ1v) is 11.9. The molecule has 2 aliphatic heterocycles. The molecule has 170 valence electrons. The fourth-order valence-corrected chi connectivity index (χ4v) is 4.47. The molecule has 1 N–H and O–H groups in total. The van der Waals surface area contributed by atoms with Crippen molar-refractivity contribution >= 4 is 17.3 Å². The lowest BCUT2D eigenvalue weighted by Crippen LogP contribution is -2.43. The normalized spacial score (nSPS) is 19.4. The van der Waals surface area contributed by atoms with Crippen LogP contribution < -0.4 is 4.90 Å². The van der Waals surface area contributed by atoms with Crippen LogP contribution in [0.25, 0.3) is 0 Å². The van der Waals surface area contributed by atoms with Crippen molar-refractivity contribution in [3.63, 3.8) is 0 Å². The summed E-state index contributed by atoms with van der Waals surface area (Å²) in [5.41, 5.74) is 4.26. The van der Waals surface area contributed by atoms with Gasteiger partial charge in [-0.15, -0.1) is 0 Å². The molecule has 4 rings (SSSR count). The average Bonchev–Trinajstić information content (AvgIpc) is 2.81. The minimum absolute atomic E-state index is 0.00499. The zero-order chi connectivity index (χ0) is 22.6. The molecule has 0 amide bonds. The van der Waals surface area contributed by atoms with Crippen LogP contribution in [0.2, 0.25) is 5.15 Å². The van der Waals surface area contributed by atoms with Crippen molar-refractivity contribution in [3.8, 4) is 11.8 Å². The predicted octanol–water partition coefficient (Wildman–Crippen LogP) is 3.48. The minimum Gasteiger partial charge on any atom is -0.396 e. The Morgan fingerprint density at radius 1 is 1.03 bits per heavy atom. The molecule has 0 unspecified atom stereocenters. The van der Waals surface area contributed by atoms with E-state index in [0.29, 0.717) is 5.15 Å². The molecular weight excluding hydrogens is 420 g/mol. The zero-order valence-electron chi connectivity index (χ0n) is 19.1. The first-order chi connectivity index (χ1) is 15.4. The first kappa shape index (κ1) is 23.1. The van der Waals surface area contributed by atoms with Gasteiger partial charge in [-0.1, -0.05) is 42.5 Å². The molecule has 0 saturated carbocycles. The molecule has 6 heteroatoms. The Morgan fingerprint density at radius 2 is 1.72 bits per heavy atom. The first-order valence-electron chi connectivity index (χ1n) is 11.5. The second-order valence-corrected chi connectivity index (χ2v) is 9.89. The number of benzene rings is 1. The van der Waals surface area contributed by atoms with Gasteiger partial charge in [-0.3, -0.25) is 4.90 Å². The van der Waals surface area contributed by atoms with E-state index >= 15 is 0 Å². The molecule has 5 nitrogen and oxygen atoms in total. The molecule has 2 aliphatic rings. The van der Waals surface area contributed by atoms with Crippen molar-refractivity contribution in [2.75, 3.05) is 57.8 Å². The van der Waals surface area contributed by atoms with E-state index in [4.69, 9.17) is 11.6 Å². The van der Waals surface area contributed by atoms with Gasteiger partial charge in [0.1, 0.15) is 5.15 Å². The average molecular weight is 453 g/mol. The summed E-state index contributed by atoms with van der Waals surface area (Å²) in [5, 5.41) is 10.1. The summed E-state index contributed by atoms with van der Waals surface area (Å²) in [6, 6.07) is 10.5. The molecule has 32 heavy (non-hydrogen) atoms. The number of aliphatic hydroxyl groups is 1. The second-order valence-electron chi connectivity index (χ2n) is 9.51. The molecule has 2 aromatic rings. The van der Waals surface area contributed by atoms with Crippen LogP contribution in [0.5, 0.6) is 0 Å². The van der Waals surface area contributed by atoms with Gasteiger partial charge in [0.2, 0.25) is 0 Å². The fraction of sp³-hybridized carbons (Fsp3) is 0.500. The Labute approximate surface area is 197 Å². The van der Waals surface area contributed by atoms with E-state index in [0.717, 1.165) is 75.5 Å². The lowest BCUT2D eigenvalue weighted by molar-refractivity contribution is 0.115. The number of likely N-dealkylation sites (N-methyl/N-ethyl adjacent to an activating group) is 1. The smallest absolute Gasteiger partial charge is 0.131 e. The number of piperazine rings is 1. The maximum atomic E-state index is 9.66. The second kappa shape index (κ2) is 10.2. The summed E-state index contributed by atoms with van der Waals surface area (Å²) in [6.45, 7) is 9.66. The summed E-state index contributed by atoms with van der Waals surface area (Å²) < 4.78 is 0. The number of aromatic nitrogens is 1. The Bertz CT molecular complexity index is 966. The summed E-state index contributed by atoms with van der Waals surface area (Å²) >= 11 is 6.21. The number of pyridine rings is 1. The standard InChI is InChI=1S/C26H33ClN4O/c1-26(20-32)9-11-31(12-10-26)24-17-25(27)28-18-23(24)8-7-21-3-5-22(6-4-21)19-30-15-13-29(2)14-16-30/h3-6,17-18,32H,9-16,19-20H2,1-2H3. The highest BCUT2D eigenvalue weighted by atomic mass is 35.5. The van der Waals surface area contributed by atoms with E-state index in [1.807, 2.05) is 6.07 Å². The Hall–Kier alpha value is -2.10. The van der Waals surface area contributed by atoms with E-state index in [-0.39, 0.29) is 12.0 Å². The van der Waals surface area contributed by atoms with Crippen LogP contribution in [0.4, 0.5) is 5.69 Å². The van der Waals surface area contributed by atoms with Gasteiger partial charge < -0.3 is 14.9 Å². The maximum absolute atomic E-state index is 9.66. The molecule has 2 saturated heterocycles. The fourth-order valence-electron chi connectivity index (χ4n) is 4.32. The lowest BCUT2D eigenvalue weighted by Gasteiger charge is -2.39. The molecule has 1 aromatic heterocycles. The highest BCUT2D eigenvalue weighted by Crippen LogP contribution is 2.34.